The topological polar surface area (TPSA) is 33.2 Å². The summed E-state index contributed by atoms with van der Waals surface area (Å²) in [6, 6.07) is 3.64. The van der Waals surface area contributed by atoms with Gasteiger partial charge in [-0.3, -0.25) is 4.79 Å². The average molecular weight is 323 g/mol. The second-order valence-electron chi connectivity index (χ2n) is 5.96. The maximum Gasteiger partial charge on any atom is 0.256 e. The molecule has 102 valence electrons. The maximum absolute atomic E-state index is 12.4. The van der Waals surface area contributed by atoms with Gasteiger partial charge in [-0.15, -0.1) is 0 Å². The lowest BCUT2D eigenvalue weighted by atomic mass is 9.88. The Morgan fingerprint density at radius 1 is 1.47 bits per heavy atom. The number of carbonyl (C=O) groups is 1. The van der Waals surface area contributed by atoms with Crippen LogP contribution in [0.4, 0.5) is 0 Å². The quantitative estimate of drug-likeness (QED) is 0.799. The molecule has 2 fully saturated rings. The first-order chi connectivity index (χ1) is 9.15. The van der Waals surface area contributed by atoms with E-state index in [9.17, 15) is 4.79 Å². The van der Waals surface area contributed by atoms with Crippen molar-refractivity contribution in [2.45, 2.75) is 25.7 Å². The number of hydrogen-bond donors (Lipinski definition) is 0. The molecule has 3 nitrogen and oxygen atoms in total. The summed E-state index contributed by atoms with van der Waals surface area (Å²) in [5.74, 6) is 2.58. The predicted octanol–water partition coefficient (Wildman–Crippen LogP) is 3.35. The van der Waals surface area contributed by atoms with E-state index in [0.717, 1.165) is 18.4 Å². The van der Waals surface area contributed by atoms with Crippen LogP contribution in [0.5, 0.6) is 0 Å². The van der Waals surface area contributed by atoms with E-state index in [2.05, 4.69) is 20.9 Å². The Bertz CT molecular complexity index is 491. The predicted molar refractivity (Wildman–Crippen MR) is 77.8 cm³/mol. The van der Waals surface area contributed by atoms with Crippen LogP contribution < -0.4 is 0 Å². The molecule has 0 aromatic carbocycles. The van der Waals surface area contributed by atoms with Crippen molar-refractivity contribution >= 4 is 21.8 Å². The number of pyridine rings is 1. The van der Waals surface area contributed by atoms with Crippen LogP contribution in [0.2, 0.25) is 0 Å². The second kappa shape index (κ2) is 5.23. The van der Waals surface area contributed by atoms with Gasteiger partial charge in [0, 0.05) is 19.8 Å². The van der Waals surface area contributed by atoms with Crippen molar-refractivity contribution in [3.05, 3.63) is 28.5 Å². The van der Waals surface area contributed by atoms with Crippen LogP contribution >= 0.6 is 15.9 Å². The van der Waals surface area contributed by atoms with Gasteiger partial charge < -0.3 is 4.90 Å². The zero-order valence-electron chi connectivity index (χ0n) is 11.2. The molecule has 2 bridgehead atoms. The van der Waals surface area contributed by atoms with Crippen molar-refractivity contribution in [3.63, 3.8) is 0 Å². The van der Waals surface area contributed by atoms with Crippen molar-refractivity contribution in [2.75, 3.05) is 13.6 Å². The number of fused-ring (bicyclic) bond motifs is 2. The molecule has 3 unspecified atom stereocenters. The molecule has 3 atom stereocenters. The lowest BCUT2D eigenvalue weighted by Crippen LogP contribution is -2.34. The first-order valence-electron chi connectivity index (χ1n) is 7.01. The third kappa shape index (κ3) is 2.55. The van der Waals surface area contributed by atoms with Crippen LogP contribution in [0.3, 0.4) is 0 Å². The normalized spacial score (nSPS) is 28.6. The largest absolute Gasteiger partial charge is 0.341 e. The minimum absolute atomic E-state index is 0.0720. The number of amides is 1. The summed E-state index contributed by atoms with van der Waals surface area (Å²) < 4.78 is 0.639. The van der Waals surface area contributed by atoms with E-state index in [1.54, 1.807) is 6.20 Å². The minimum atomic E-state index is 0.0720. The summed E-state index contributed by atoms with van der Waals surface area (Å²) in [5.41, 5.74) is 0.660. The molecule has 1 amide bonds. The molecule has 1 heterocycles. The highest BCUT2D eigenvalue weighted by molar-refractivity contribution is 9.10. The highest BCUT2D eigenvalue weighted by Crippen LogP contribution is 2.48. The molecule has 2 aliphatic carbocycles. The van der Waals surface area contributed by atoms with Gasteiger partial charge in [0.1, 0.15) is 4.60 Å². The SMILES string of the molecule is CN(CC1CC2CCC1C2)C(=O)c1cccnc1Br. The van der Waals surface area contributed by atoms with E-state index in [4.69, 9.17) is 0 Å². The van der Waals surface area contributed by atoms with Crippen molar-refractivity contribution in [2.24, 2.45) is 17.8 Å². The van der Waals surface area contributed by atoms with Gasteiger partial charge in [-0.1, -0.05) is 6.42 Å². The molecule has 0 aliphatic heterocycles. The summed E-state index contributed by atoms with van der Waals surface area (Å²) in [7, 11) is 1.91. The zero-order valence-corrected chi connectivity index (χ0v) is 12.8. The number of nitrogens with zero attached hydrogens (tertiary/aromatic N) is 2. The van der Waals surface area contributed by atoms with Crippen molar-refractivity contribution < 1.29 is 4.79 Å². The molecule has 4 heteroatoms. The minimum Gasteiger partial charge on any atom is -0.341 e. The Morgan fingerprint density at radius 3 is 2.95 bits per heavy atom. The van der Waals surface area contributed by atoms with E-state index in [0.29, 0.717) is 16.1 Å². The molecule has 1 aromatic heterocycles. The van der Waals surface area contributed by atoms with Crippen molar-refractivity contribution in [3.8, 4) is 0 Å². The van der Waals surface area contributed by atoms with Gasteiger partial charge in [0.25, 0.3) is 5.91 Å². The van der Waals surface area contributed by atoms with Crippen LogP contribution in [-0.4, -0.2) is 29.4 Å². The van der Waals surface area contributed by atoms with Crippen LogP contribution in [0.15, 0.2) is 22.9 Å². The number of hydrogen-bond acceptors (Lipinski definition) is 2. The lowest BCUT2D eigenvalue weighted by molar-refractivity contribution is 0.0753. The fraction of sp³-hybridized carbons (Fsp3) is 0.600. The second-order valence-corrected chi connectivity index (χ2v) is 6.71. The van der Waals surface area contributed by atoms with Gasteiger partial charge in [-0.25, -0.2) is 4.98 Å². The van der Waals surface area contributed by atoms with Gasteiger partial charge in [0.05, 0.1) is 5.56 Å². The summed E-state index contributed by atoms with van der Waals surface area (Å²) in [6.07, 6.45) is 7.18. The summed E-state index contributed by atoms with van der Waals surface area (Å²) >= 11 is 3.35. The highest BCUT2D eigenvalue weighted by Gasteiger charge is 2.40. The Kier molecular flexibility index (Phi) is 3.61. The molecule has 1 aromatic rings. The molecule has 3 rings (SSSR count). The Morgan fingerprint density at radius 2 is 2.32 bits per heavy atom. The van der Waals surface area contributed by atoms with Crippen LogP contribution in [0, 0.1) is 17.8 Å². The number of rotatable bonds is 3. The first kappa shape index (κ1) is 13.1. The molecule has 2 saturated carbocycles. The van der Waals surface area contributed by atoms with Crippen LogP contribution in [0.25, 0.3) is 0 Å². The third-order valence-corrected chi connectivity index (χ3v) is 5.36. The van der Waals surface area contributed by atoms with Crippen molar-refractivity contribution in [1.29, 1.82) is 0 Å². The Hall–Kier alpha value is -0.900. The summed E-state index contributed by atoms with van der Waals surface area (Å²) in [5, 5.41) is 0. The van der Waals surface area contributed by atoms with E-state index in [1.165, 1.54) is 25.7 Å². The molecule has 0 radical (unpaired) electrons. The summed E-state index contributed by atoms with van der Waals surface area (Å²) in [4.78, 5) is 18.4. The number of carbonyl (C=O) groups excluding carboxylic acids is 1. The van der Waals surface area contributed by atoms with E-state index in [1.807, 2.05) is 24.1 Å². The van der Waals surface area contributed by atoms with Gasteiger partial charge in [0.2, 0.25) is 0 Å². The fourth-order valence-electron chi connectivity index (χ4n) is 3.79. The first-order valence-corrected chi connectivity index (χ1v) is 7.80. The van der Waals surface area contributed by atoms with E-state index in [-0.39, 0.29) is 5.91 Å². The molecule has 0 saturated heterocycles. The Labute approximate surface area is 122 Å². The average Bonchev–Trinajstić information content (AvgIpc) is 3.00. The third-order valence-electron chi connectivity index (χ3n) is 4.73. The van der Waals surface area contributed by atoms with Gasteiger partial charge in [-0.05, 0) is 65.1 Å². The van der Waals surface area contributed by atoms with Crippen molar-refractivity contribution in [1.82, 2.24) is 9.88 Å². The molecule has 2 aliphatic rings. The van der Waals surface area contributed by atoms with E-state index < -0.39 is 0 Å². The highest BCUT2D eigenvalue weighted by atomic mass is 79.9. The molecule has 19 heavy (non-hydrogen) atoms. The molecule has 0 spiro atoms. The smallest absolute Gasteiger partial charge is 0.256 e. The number of aromatic nitrogens is 1. The van der Waals surface area contributed by atoms with Crippen LogP contribution in [0.1, 0.15) is 36.0 Å². The van der Waals surface area contributed by atoms with Gasteiger partial charge in [-0.2, -0.15) is 0 Å². The maximum atomic E-state index is 12.4. The van der Waals surface area contributed by atoms with Gasteiger partial charge in [0.15, 0.2) is 0 Å². The molecule has 0 N–H and O–H groups in total. The standard InChI is InChI=1S/C15H19BrN2O/c1-18(9-12-8-10-4-5-11(12)7-10)15(19)13-3-2-6-17-14(13)16/h2-3,6,10-12H,4-5,7-9H2,1H3. The zero-order chi connectivity index (χ0) is 13.4. The molecular weight excluding hydrogens is 304 g/mol. The number of halogens is 1. The van der Waals surface area contributed by atoms with Crippen LogP contribution in [-0.2, 0) is 0 Å². The monoisotopic (exact) mass is 322 g/mol. The van der Waals surface area contributed by atoms with Gasteiger partial charge >= 0.3 is 0 Å². The van der Waals surface area contributed by atoms with E-state index >= 15 is 0 Å². The fourth-order valence-corrected chi connectivity index (χ4v) is 4.21. The summed E-state index contributed by atoms with van der Waals surface area (Å²) in [6.45, 7) is 0.890. The lowest BCUT2D eigenvalue weighted by Gasteiger charge is -2.27. The Balaban J connectivity index is 1.66. The molecular formula is C15H19BrN2O.